The number of hydrogen-bond donors (Lipinski definition) is 2. The zero-order valence-corrected chi connectivity index (χ0v) is 18.7. The van der Waals surface area contributed by atoms with Gasteiger partial charge in [0.1, 0.15) is 10.7 Å². The van der Waals surface area contributed by atoms with Crippen molar-refractivity contribution in [2.45, 2.75) is 30.7 Å². The molecule has 2 aliphatic rings. The first-order valence-electron chi connectivity index (χ1n) is 10.5. The SMILES string of the molecule is C[C@@H](NS(=O)(=O)c1ccccc1F)C(=O)N1CCC(C(=O)Nc2ccc3c(c2)OCO3)CC1. The van der Waals surface area contributed by atoms with Gasteiger partial charge >= 0.3 is 0 Å². The standard InChI is InChI=1S/C22H24FN3O6S/c1-14(25-33(29,30)20-5-3-2-4-17(20)23)22(28)26-10-8-15(9-11-26)21(27)24-16-6-7-18-19(12-16)32-13-31-18/h2-7,12,14-15,25H,8-11,13H2,1H3,(H,24,27)/t14-/m1/s1. The van der Waals surface area contributed by atoms with Crippen LogP contribution in [0.2, 0.25) is 0 Å². The molecule has 1 atom stereocenters. The topological polar surface area (TPSA) is 114 Å². The molecule has 0 aromatic heterocycles. The van der Waals surface area contributed by atoms with E-state index in [1.807, 2.05) is 0 Å². The number of nitrogens with one attached hydrogen (secondary N) is 2. The number of halogens is 1. The van der Waals surface area contributed by atoms with E-state index in [4.69, 9.17) is 9.47 Å². The van der Waals surface area contributed by atoms with E-state index in [0.29, 0.717) is 43.1 Å². The van der Waals surface area contributed by atoms with Crippen LogP contribution in [-0.4, -0.2) is 51.1 Å². The second kappa shape index (κ2) is 9.36. The van der Waals surface area contributed by atoms with Crippen LogP contribution in [0.1, 0.15) is 19.8 Å². The van der Waals surface area contributed by atoms with Crippen LogP contribution in [0.25, 0.3) is 0 Å². The molecule has 2 N–H and O–H groups in total. The third-order valence-corrected chi connectivity index (χ3v) is 7.22. The third-order valence-electron chi connectivity index (χ3n) is 5.65. The predicted octanol–water partition coefficient (Wildman–Crippen LogP) is 2.10. The summed E-state index contributed by atoms with van der Waals surface area (Å²) in [5.41, 5.74) is 0.596. The molecule has 1 saturated heterocycles. The fraction of sp³-hybridized carbons (Fsp3) is 0.364. The van der Waals surface area contributed by atoms with Crippen molar-refractivity contribution >= 4 is 27.5 Å². The van der Waals surface area contributed by atoms with Gasteiger partial charge in [0.2, 0.25) is 28.6 Å². The highest BCUT2D eigenvalue weighted by atomic mass is 32.2. The van der Waals surface area contributed by atoms with Crippen LogP contribution >= 0.6 is 0 Å². The highest BCUT2D eigenvalue weighted by Crippen LogP contribution is 2.34. The molecule has 0 radical (unpaired) electrons. The molecule has 2 aromatic carbocycles. The number of carbonyl (C=O) groups excluding carboxylic acids is 2. The first-order valence-corrected chi connectivity index (χ1v) is 12.0. The molecule has 2 aliphatic heterocycles. The Balaban J connectivity index is 1.30. The molecule has 33 heavy (non-hydrogen) atoms. The van der Waals surface area contributed by atoms with Crippen LogP contribution < -0.4 is 19.5 Å². The lowest BCUT2D eigenvalue weighted by atomic mass is 9.95. The van der Waals surface area contributed by atoms with Crippen molar-refractivity contribution in [2.75, 3.05) is 25.2 Å². The Morgan fingerprint density at radius 1 is 1.09 bits per heavy atom. The summed E-state index contributed by atoms with van der Waals surface area (Å²) in [6.45, 7) is 2.18. The normalized spacial score (nSPS) is 17.0. The lowest BCUT2D eigenvalue weighted by Crippen LogP contribution is -2.50. The monoisotopic (exact) mass is 477 g/mol. The summed E-state index contributed by atoms with van der Waals surface area (Å²) in [5, 5.41) is 2.86. The largest absolute Gasteiger partial charge is 0.454 e. The Morgan fingerprint density at radius 3 is 2.52 bits per heavy atom. The number of nitrogens with zero attached hydrogens (tertiary/aromatic N) is 1. The number of ether oxygens (including phenoxy) is 2. The molecule has 0 bridgehead atoms. The molecule has 176 valence electrons. The summed E-state index contributed by atoms with van der Waals surface area (Å²) in [5.74, 6) is -0.567. The van der Waals surface area contributed by atoms with Crippen LogP contribution in [0.4, 0.5) is 10.1 Å². The lowest BCUT2D eigenvalue weighted by molar-refractivity contribution is -0.135. The number of amides is 2. The van der Waals surface area contributed by atoms with Crippen LogP contribution in [0.5, 0.6) is 11.5 Å². The van der Waals surface area contributed by atoms with Gasteiger partial charge in [-0.15, -0.1) is 0 Å². The fourth-order valence-electron chi connectivity index (χ4n) is 3.86. The minimum Gasteiger partial charge on any atom is -0.454 e. The Bertz CT molecular complexity index is 1160. The molecule has 0 aliphatic carbocycles. The molecule has 1 fully saturated rings. The minimum absolute atomic E-state index is 0.147. The molecule has 0 spiro atoms. The number of anilines is 1. The summed E-state index contributed by atoms with van der Waals surface area (Å²) in [7, 11) is -4.19. The van der Waals surface area contributed by atoms with E-state index in [2.05, 4.69) is 10.0 Å². The van der Waals surface area contributed by atoms with Crippen molar-refractivity contribution in [1.82, 2.24) is 9.62 Å². The molecule has 0 saturated carbocycles. The average Bonchev–Trinajstić information content (AvgIpc) is 3.26. The van der Waals surface area contributed by atoms with E-state index < -0.39 is 32.7 Å². The molecule has 9 nitrogen and oxygen atoms in total. The Labute approximate surface area is 190 Å². The van der Waals surface area contributed by atoms with Gasteiger partial charge in [-0.25, -0.2) is 12.8 Å². The summed E-state index contributed by atoms with van der Waals surface area (Å²) in [4.78, 5) is 26.4. The van der Waals surface area contributed by atoms with Crippen LogP contribution in [0.3, 0.4) is 0 Å². The van der Waals surface area contributed by atoms with Gasteiger partial charge in [0.05, 0.1) is 6.04 Å². The quantitative estimate of drug-likeness (QED) is 0.659. The maximum absolute atomic E-state index is 13.9. The van der Waals surface area contributed by atoms with Crippen molar-refractivity contribution in [2.24, 2.45) is 5.92 Å². The second-order valence-corrected chi connectivity index (χ2v) is 9.61. The Hall–Kier alpha value is -3.18. The number of sulfonamides is 1. The number of benzene rings is 2. The zero-order valence-electron chi connectivity index (χ0n) is 17.9. The summed E-state index contributed by atoms with van der Waals surface area (Å²) < 4.78 is 51.6. The van der Waals surface area contributed by atoms with Gasteiger partial charge in [-0.2, -0.15) is 4.72 Å². The average molecular weight is 478 g/mol. The van der Waals surface area contributed by atoms with Crippen molar-refractivity contribution in [3.63, 3.8) is 0 Å². The molecular weight excluding hydrogens is 453 g/mol. The van der Waals surface area contributed by atoms with E-state index in [0.717, 1.165) is 12.1 Å². The number of fused-ring (bicyclic) bond motifs is 1. The second-order valence-electron chi connectivity index (χ2n) is 7.93. The Morgan fingerprint density at radius 2 is 1.79 bits per heavy atom. The molecule has 2 amide bonds. The van der Waals surface area contributed by atoms with Gasteiger partial charge in [0, 0.05) is 30.8 Å². The number of rotatable bonds is 6. The molecular formula is C22H24FN3O6S. The fourth-order valence-corrected chi connectivity index (χ4v) is 5.14. The maximum Gasteiger partial charge on any atom is 0.244 e. The smallest absolute Gasteiger partial charge is 0.244 e. The van der Waals surface area contributed by atoms with Crippen molar-refractivity contribution in [1.29, 1.82) is 0 Å². The molecule has 2 aromatic rings. The van der Waals surface area contributed by atoms with Crippen LogP contribution in [0, 0.1) is 11.7 Å². The molecule has 0 unspecified atom stereocenters. The van der Waals surface area contributed by atoms with E-state index in [1.54, 1.807) is 18.2 Å². The highest BCUT2D eigenvalue weighted by Gasteiger charge is 2.32. The zero-order chi connectivity index (χ0) is 23.6. The van der Waals surface area contributed by atoms with E-state index >= 15 is 0 Å². The van der Waals surface area contributed by atoms with Crippen molar-refractivity contribution < 1.29 is 31.9 Å². The molecule has 11 heteroatoms. The molecule has 4 rings (SSSR count). The van der Waals surface area contributed by atoms with Crippen molar-refractivity contribution in [3.8, 4) is 11.5 Å². The third kappa shape index (κ3) is 5.09. The number of carbonyl (C=O) groups is 2. The molecule has 2 heterocycles. The van der Waals surface area contributed by atoms with Crippen molar-refractivity contribution in [3.05, 3.63) is 48.3 Å². The minimum atomic E-state index is -4.19. The van der Waals surface area contributed by atoms with Gasteiger partial charge < -0.3 is 19.7 Å². The number of piperidine rings is 1. The lowest BCUT2D eigenvalue weighted by Gasteiger charge is -2.33. The van der Waals surface area contributed by atoms with Gasteiger partial charge in [0.15, 0.2) is 11.5 Å². The summed E-state index contributed by atoms with van der Waals surface area (Å²) in [6.07, 6.45) is 0.879. The Kier molecular flexibility index (Phi) is 6.52. The summed E-state index contributed by atoms with van der Waals surface area (Å²) in [6, 6.07) is 9.05. The van der Waals surface area contributed by atoms with E-state index in [-0.39, 0.29) is 18.6 Å². The van der Waals surface area contributed by atoms with Gasteiger partial charge in [-0.1, -0.05) is 12.1 Å². The number of likely N-dealkylation sites (tertiary alicyclic amines) is 1. The summed E-state index contributed by atoms with van der Waals surface area (Å²) >= 11 is 0. The first kappa shape index (κ1) is 23.0. The highest BCUT2D eigenvalue weighted by molar-refractivity contribution is 7.89. The maximum atomic E-state index is 13.9. The van der Waals surface area contributed by atoms with Gasteiger partial charge in [-0.3, -0.25) is 9.59 Å². The van der Waals surface area contributed by atoms with Gasteiger partial charge in [-0.05, 0) is 44.0 Å². The van der Waals surface area contributed by atoms with E-state index in [1.165, 1.54) is 24.0 Å². The van der Waals surface area contributed by atoms with Crippen LogP contribution in [0.15, 0.2) is 47.4 Å². The van der Waals surface area contributed by atoms with Gasteiger partial charge in [0.25, 0.3) is 0 Å². The first-order chi connectivity index (χ1) is 15.7. The van der Waals surface area contributed by atoms with E-state index in [9.17, 15) is 22.4 Å². The predicted molar refractivity (Wildman–Crippen MR) is 117 cm³/mol. The number of hydrogen-bond acceptors (Lipinski definition) is 6. The van der Waals surface area contributed by atoms with Crippen LogP contribution in [-0.2, 0) is 19.6 Å².